The van der Waals surface area contributed by atoms with E-state index in [2.05, 4.69) is 142 Å². The van der Waals surface area contributed by atoms with Gasteiger partial charge in [-0.05, 0) is 128 Å². The number of ether oxygens (including phenoxy) is 3. The molecule has 0 aromatic rings. The first-order chi connectivity index (χ1) is 33.0. The van der Waals surface area contributed by atoms with Crippen molar-refractivity contribution in [1.29, 1.82) is 0 Å². The van der Waals surface area contributed by atoms with Gasteiger partial charge in [0.25, 0.3) is 0 Å². The molecule has 0 saturated heterocycles. The van der Waals surface area contributed by atoms with Crippen LogP contribution in [0.25, 0.3) is 0 Å². The monoisotopic (exact) mass is 927 g/mol. The molecule has 0 rings (SSSR count). The lowest BCUT2D eigenvalue weighted by atomic mass is 10.1. The smallest absolute Gasteiger partial charge is 0.306 e. The predicted molar refractivity (Wildman–Crippen MR) is 288 cm³/mol. The summed E-state index contributed by atoms with van der Waals surface area (Å²) in [7, 11) is 0. The van der Waals surface area contributed by atoms with Crippen LogP contribution in [0.1, 0.15) is 226 Å². The van der Waals surface area contributed by atoms with E-state index in [-0.39, 0.29) is 37.5 Å². The summed E-state index contributed by atoms with van der Waals surface area (Å²) in [4.78, 5) is 38.1. The summed E-state index contributed by atoms with van der Waals surface area (Å²) >= 11 is 0. The molecule has 0 heterocycles. The van der Waals surface area contributed by atoms with E-state index in [1.165, 1.54) is 70.6 Å². The third kappa shape index (κ3) is 52.6. The van der Waals surface area contributed by atoms with Crippen molar-refractivity contribution in [3.05, 3.63) is 122 Å². The lowest BCUT2D eigenvalue weighted by Crippen LogP contribution is -2.30. The van der Waals surface area contributed by atoms with E-state index in [1.807, 2.05) is 0 Å². The average molecular weight is 927 g/mol. The van der Waals surface area contributed by atoms with Crippen molar-refractivity contribution in [2.24, 2.45) is 0 Å². The van der Waals surface area contributed by atoms with Crippen LogP contribution in [-0.2, 0) is 28.6 Å². The third-order valence-electron chi connectivity index (χ3n) is 10.9. The molecule has 1 unspecified atom stereocenters. The molecule has 0 spiro atoms. The Morgan fingerprint density at radius 2 is 0.582 bits per heavy atom. The van der Waals surface area contributed by atoms with Gasteiger partial charge in [0.1, 0.15) is 13.2 Å². The molecular formula is C61H98O6. The van der Waals surface area contributed by atoms with Crippen LogP contribution in [0.15, 0.2) is 122 Å². The molecule has 0 radical (unpaired) electrons. The fourth-order valence-corrected chi connectivity index (χ4v) is 6.92. The van der Waals surface area contributed by atoms with Crippen LogP contribution in [0, 0.1) is 0 Å². The Kier molecular flexibility index (Phi) is 51.0. The molecule has 0 aliphatic rings. The zero-order valence-corrected chi connectivity index (χ0v) is 43.1. The Morgan fingerprint density at radius 1 is 0.313 bits per heavy atom. The molecule has 0 aliphatic carbocycles. The quantitative estimate of drug-likeness (QED) is 0.0262. The Bertz CT molecular complexity index is 1440. The molecule has 6 nitrogen and oxygen atoms in total. The van der Waals surface area contributed by atoms with Gasteiger partial charge in [0.2, 0.25) is 0 Å². The minimum Gasteiger partial charge on any atom is -0.462 e. The molecule has 0 aliphatic heterocycles. The maximum atomic E-state index is 12.8. The Hall–Kier alpha value is -4.19. The van der Waals surface area contributed by atoms with Crippen LogP contribution in [0.2, 0.25) is 0 Å². The van der Waals surface area contributed by atoms with Gasteiger partial charge in [0.05, 0.1) is 0 Å². The normalized spacial score (nSPS) is 13.1. The molecule has 0 N–H and O–H groups in total. The van der Waals surface area contributed by atoms with E-state index in [0.717, 1.165) is 103 Å². The highest BCUT2D eigenvalue weighted by Crippen LogP contribution is 2.13. The van der Waals surface area contributed by atoms with Gasteiger partial charge >= 0.3 is 17.9 Å². The van der Waals surface area contributed by atoms with Crippen molar-refractivity contribution in [3.8, 4) is 0 Å². The van der Waals surface area contributed by atoms with Crippen LogP contribution in [-0.4, -0.2) is 37.2 Å². The minimum atomic E-state index is -0.822. The van der Waals surface area contributed by atoms with E-state index in [0.29, 0.717) is 25.7 Å². The van der Waals surface area contributed by atoms with Gasteiger partial charge < -0.3 is 14.2 Å². The number of carbonyl (C=O) groups is 3. The number of hydrogen-bond donors (Lipinski definition) is 0. The topological polar surface area (TPSA) is 78.9 Å². The largest absolute Gasteiger partial charge is 0.462 e. The Morgan fingerprint density at radius 3 is 0.940 bits per heavy atom. The molecule has 0 bridgehead atoms. The molecule has 1 atom stereocenters. The summed E-state index contributed by atoms with van der Waals surface area (Å²) in [6.45, 7) is 6.30. The fraction of sp³-hybridized carbons (Fsp3) is 0.623. The van der Waals surface area contributed by atoms with Crippen LogP contribution in [0.5, 0.6) is 0 Å². The van der Waals surface area contributed by atoms with Crippen molar-refractivity contribution in [2.75, 3.05) is 13.2 Å². The van der Waals surface area contributed by atoms with Crippen molar-refractivity contribution in [1.82, 2.24) is 0 Å². The lowest BCUT2D eigenvalue weighted by Gasteiger charge is -2.18. The van der Waals surface area contributed by atoms with E-state index in [1.54, 1.807) is 0 Å². The summed E-state index contributed by atoms with van der Waals surface area (Å²) < 4.78 is 16.8. The zero-order valence-electron chi connectivity index (χ0n) is 43.1. The minimum absolute atomic E-state index is 0.113. The van der Waals surface area contributed by atoms with Crippen LogP contribution >= 0.6 is 0 Å². The summed E-state index contributed by atoms with van der Waals surface area (Å²) in [6, 6.07) is 0. The number of esters is 3. The van der Waals surface area contributed by atoms with Gasteiger partial charge in [-0.2, -0.15) is 0 Å². The average Bonchev–Trinajstić information content (AvgIpc) is 3.33. The van der Waals surface area contributed by atoms with Crippen molar-refractivity contribution in [2.45, 2.75) is 232 Å². The molecular weight excluding hydrogens is 829 g/mol. The van der Waals surface area contributed by atoms with Crippen LogP contribution in [0.3, 0.4) is 0 Å². The first-order valence-corrected chi connectivity index (χ1v) is 27.0. The standard InChI is InChI=1S/C61H98O6/c1-4-7-10-13-16-19-22-25-28-29-30-31-34-36-39-42-45-48-51-54-60(63)66-57-58(67-61(64)55-52-49-46-43-40-37-33-27-24-21-18-15-12-9-6-3)56-65-59(62)53-50-47-44-41-38-35-32-26-23-20-17-14-11-8-5-2/h8-9,11-12,16-21,25-28,32-33,38,40-41,43,58H,4-7,10,13-15,22-24,29-31,34-37,39,42,44-57H2,1-3H3/b11-8-,12-9-,19-16-,20-17-,21-18-,28-25-,32-26-,33-27-,41-38-,43-40-. The summed E-state index contributed by atoms with van der Waals surface area (Å²) in [5.41, 5.74) is 0. The second kappa shape index (κ2) is 54.4. The van der Waals surface area contributed by atoms with Gasteiger partial charge in [-0.3, -0.25) is 14.4 Å². The van der Waals surface area contributed by atoms with Gasteiger partial charge in [-0.1, -0.05) is 200 Å². The summed E-state index contributed by atoms with van der Waals surface area (Å²) in [5.74, 6) is -1.01. The number of allylic oxidation sites excluding steroid dienone is 20. The van der Waals surface area contributed by atoms with E-state index in [4.69, 9.17) is 14.2 Å². The molecule has 0 aromatic carbocycles. The van der Waals surface area contributed by atoms with E-state index in [9.17, 15) is 14.4 Å². The van der Waals surface area contributed by atoms with Gasteiger partial charge in [-0.25, -0.2) is 0 Å². The molecule has 0 fully saturated rings. The molecule has 0 saturated carbocycles. The molecule has 0 amide bonds. The highest BCUT2D eigenvalue weighted by Gasteiger charge is 2.19. The zero-order chi connectivity index (χ0) is 48.6. The number of unbranched alkanes of at least 4 members (excludes halogenated alkanes) is 16. The van der Waals surface area contributed by atoms with Crippen molar-refractivity contribution >= 4 is 17.9 Å². The Labute approximate surface area is 412 Å². The molecule has 67 heavy (non-hydrogen) atoms. The van der Waals surface area contributed by atoms with Gasteiger partial charge in [0, 0.05) is 19.3 Å². The molecule has 378 valence electrons. The second-order valence-corrected chi connectivity index (χ2v) is 17.4. The second-order valence-electron chi connectivity index (χ2n) is 17.4. The van der Waals surface area contributed by atoms with E-state index >= 15 is 0 Å². The third-order valence-corrected chi connectivity index (χ3v) is 10.9. The first-order valence-electron chi connectivity index (χ1n) is 27.0. The van der Waals surface area contributed by atoms with Crippen molar-refractivity contribution in [3.63, 3.8) is 0 Å². The molecule has 6 heteroatoms. The summed E-state index contributed by atoms with van der Waals surface area (Å²) in [5, 5.41) is 0. The van der Waals surface area contributed by atoms with E-state index < -0.39 is 6.10 Å². The maximum Gasteiger partial charge on any atom is 0.306 e. The SMILES string of the molecule is CC/C=C\C/C=C\C/C=C\C/C=C\CCCCC(=O)OCC(COC(=O)CCCCCCCCCCC/C=C\C/C=C\CCCCC)OC(=O)CCCC/C=C\C/C=C\C/C=C\C/C=C\CC. The highest BCUT2D eigenvalue weighted by molar-refractivity contribution is 5.71. The fourth-order valence-electron chi connectivity index (χ4n) is 6.92. The maximum absolute atomic E-state index is 12.8. The highest BCUT2D eigenvalue weighted by atomic mass is 16.6. The number of rotatable bonds is 47. The summed E-state index contributed by atoms with van der Waals surface area (Å²) in [6.07, 6.45) is 74.7. The predicted octanol–water partition coefficient (Wildman–Crippen LogP) is 18.1. The van der Waals surface area contributed by atoms with Crippen LogP contribution < -0.4 is 0 Å². The Balaban J connectivity index is 4.51. The molecule has 0 aromatic heterocycles. The number of carbonyl (C=O) groups excluding carboxylic acids is 3. The van der Waals surface area contributed by atoms with Gasteiger partial charge in [0.15, 0.2) is 6.10 Å². The van der Waals surface area contributed by atoms with Gasteiger partial charge in [-0.15, -0.1) is 0 Å². The first kappa shape index (κ1) is 62.8. The lowest BCUT2D eigenvalue weighted by molar-refractivity contribution is -0.167. The number of hydrogen-bond acceptors (Lipinski definition) is 6. The van der Waals surface area contributed by atoms with Crippen LogP contribution in [0.4, 0.5) is 0 Å². The van der Waals surface area contributed by atoms with Crippen molar-refractivity contribution < 1.29 is 28.6 Å².